The second-order valence-electron chi connectivity index (χ2n) is 5.52. The van der Waals surface area contributed by atoms with Gasteiger partial charge in [-0.1, -0.05) is 6.92 Å². The monoisotopic (exact) mass is 214 g/mol. The molecule has 1 atom stereocenters. The molecule has 0 amide bonds. The van der Waals surface area contributed by atoms with Crippen molar-refractivity contribution in [1.29, 1.82) is 0 Å². The Hall–Kier alpha value is -0.120. The summed E-state index contributed by atoms with van der Waals surface area (Å²) in [6.07, 6.45) is 0.714. The zero-order valence-electron chi connectivity index (χ0n) is 10.7. The molecule has 0 saturated carbocycles. The summed E-state index contributed by atoms with van der Waals surface area (Å²) in [4.78, 5) is 4.89. The van der Waals surface area contributed by atoms with Crippen LogP contribution in [0.25, 0.3) is 0 Å². The number of aliphatic hydroxyl groups excluding tert-OH is 1. The molecule has 3 heteroatoms. The predicted molar refractivity (Wildman–Crippen MR) is 64.1 cm³/mol. The molecule has 0 aromatic heterocycles. The zero-order chi connectivity index (χ0) is 11.5. The molecule has 1 unspecified atom stereocenters. The summed E-state index contributed by atoms with van der Waals surface area (Å²) in [5, 5.41) is 9.58. The molecular weight excluding hydrogens is 188 g/mol. The number of aliphatic hydroxyl groups is 1. The van der Waals surface area contributed by atoms with Crippen LogP contribution in [0, 0.1) is 0 Å². The highest BCUT2D eigenvalue weighted by Crippen LogP contribution is 2.15. The number of hydrogen-bond donors (Lipinski definition) is 1. The minimum Gasteiger partial charge on any atom is -0.392 e. The third-order valence-electron chi connectivity index (χ3n) is 3.26. The molecule has 0 bridgehead atoms. The normalized spacial score (nSPS) is 23.0. The fraction of sp³-hybridized carbons (Fsp3) is 1.00. The summed E-state index contributed by atoms with van der Waals surface area (Å²) in [5.74, 6) is 0. The summed E-state index contributed by atoms with van der Waals surface area (Å²) < 4.78 is 0. The van der Waals surface area contributed by atoms with Crippen molar-refractivity contribution in [2.75, 3.05) is 32.7 Å². The van der Waals surface area contributed by atoms with Crippen molar-refractivity contribution in [3.05, 3.63) is 0 Å². The van der Waals surface area contributed by atoms with E-state index in [1.807, 2.05) is 6.92 Å². The molecule has 90 valence electrons. The van der Waals surface area contributed by atoms with Crippen LogP contribution >= 0.6 is 0 Å². The molecule has 0 aromatic rings. The highest BCUT2D eigenvalue weighted by Gasteiger charge is 2.26. The number of nitrogens with zero attached hydrogens (tertiary/aromatic N) is 2. The van der Waals surface area contributed by atoms with E-state index in [2.05, 4.69) is 30.6 Å². The summed E-state index contributed by atoms with van der Waals surface area (Å²) in [6, 6.07) is 0. The maximum atomic E-state index is 9.58. The average Bonchev–Trinajstić information content (AvgIpc) is 2.17. The molecule has 0 aromatic carbocycles. The molecule has 3 nitrogen and oxygen atoms in total. The van der Waals surface area contributed by atoms with Crippen molar-refractivity contribution in [3.63, 3.8) is 0 Å². The van der Waals surface area contributed by atoms with Gasteiger partial charge in [0.25, 0.3) is 0 Å². The van der Waals surface area contributed by atoms with Crippen molar-refractivity contribution < 1.29 is 5.11 Å². The van der Waals surface area contributed by atoms with Crippen LogP contribution in [0.3, 0.4) is 0 Å². The second kappa shape index (κ2) is 5.28. The van der Waals surface area contributed by atoms with E-state index in [0.717, 1.165) is 39.1 Å². The first-order chi connectivity index (χ1) is 6.93. The number of piperazine rings is 1. The van der Waals surface area contributed by atoms with Crippen LogP contribution in [0.15, 0.2) is 0 Å². The van der Waals surface area contributed by atoms with E-state index in [1.165, 1.54) is 0 Å². The molecule has 0 radical (unpaired) electrons. The van der Waals surface area contributed by atoms with E-state index in [9.17, 15) is 5.11 Å². The Balaban J connectivity index is 2.30. The van der Waals surface area contributed by atoms with E-state index in [4.69, 9.17) is 0 Å². The highest BCUT2D eigenvalue weighted by molar-refractivity contribution is 4.82. The average molecular weight is 214 g/mol. The maximum Gasteiger partial charge on any atom is 0.0664 e. The molecule has 0 spiro atoms. The van der Waals surface area contributed by atoms with Crippen molar-refractivity contribution in [2.24, 2.45) is 0 Å². The third-order valence-corrected chi connectivity index (χ3v) is 3.26. The first kappa shape index (κ1) is 12.9. The molecule has 1 fully saturated rings. The summed E-state index contributed by atoms with van der Waals surface area (Å²) in [7, 11) is 0. The Kier molecular flexibility index (Phi) is 4.56. The molecule has 0 aliphatic carbocycles. The number of β-amino-alcohol motifs (C(OH)–C–C–N with tert-alkyl or cyclic N) is 1. The minimum atomic E-state index is -0.147. The number of hydrogen-bond acceptors (Lipinski definition) is 3. The van der Waals surface area contributed by atoms with Gasteiger partial charge in [0, 0.05) is 38.3 Å². The van der Waals surface area contributed by atoms with Crippen LogP contribution < -0.4 is 0 Å². The van der Waals surface area contributed by atoms with E-state index in [1.54, 1.807) is 0 Å². The summed E-state index contributed by atoms with van der Waals surface area (Å²) in [6.45, 7) is 14.1. The predicted octanol–water partition coefficient (Wildman–Crippen LogP) is 1.17. The van der Waals surface area contributed by atoms with Gasteiger partial charge in [-0.3, -0.25) is 9.80 Å². The van der Waals surface area contributed by atoms with E-state index in [0.29, 0.717) is 0 Å². The van der Waals surface area contributed by atoms with Crippen molar-refractivity contribution in [2.45, 2.75) is 45.8 Å². The molecule has 1 aliphatic heterocycles. The van der Waals surface area contributed by atoms with Gasteiger partial charge in [0.2, 0.25) is 0 Å². The van der Waals surface area contributed by atoms with Gasteiger partial charge in [0.15, 0.2) is 0 Å². The molecule has 1 rings (SSSR count). The Bertz CT molecular complexity index is 181. The molecule has 1 saturated heterocycles. The second-order valence-corrected chi connectivity index (χ2v) is 5.52. The van der Waals surface area contributed by atoms with Gasteiger partial charge in [0.1, 0.15) is 0 Å². The van der Waals surface area contributed by atoms with Crippen LogP contribution in [-0.4, -0.2) is 59.3 Å². The van der Waals surface area contributed by atoms with Gasteiger partial charge in [-0.15, -0.1) is 0 Å². The molecule has 1 heterocycles. The first-order valence-electron chi connectivity index (χ1n) is 6.09. The lowest BCUT2D eigenvalue weighted by Crippen LogP contribution is -2.54. The zero-order valence-corrected chi connectivity index (χ0v) is 10.7. The Morgan fingerprint density at radius 3 is 2.07 bits per heavy atom. The Morgan fingerprint density at radius 2 is 1.67 bits per heavy atom. The fourth-order valence-corrected chi connectivity index (χ4v) is 2.03. The van der Waals surface area contributed by atoms with E-state index < -0.39 is 0 Å². The van der Waals surface area contributed by atoms with Crippen molar-refractivity contribution in [3.8, 4) is 0 Å². The van der Waals surface area contributed by atoms with E-state index >= 15 is 0 Å². The standard InChI is InChI=1S/C12H26N2O/c1-5-11(15)10-13-6-8-14(9-7-13)12(2,3)4/h11,15H,5-10H2,1-4H3. The fourth-order valence-electron chi connectivity index (χ4n) is 2.03. The largest absolute Gasteiger partial charge is 0.392 e. The molecular formula is C12H26N2O. The minimum absolute atomic E-state index is 0.147. The van der Waals surface area contributed by atoms with Crippen molar-refractivity contribution >= 4 is 0 Å². The first-order valence-corrected chi connectivity index (χ1v) is 6.09. The molecule has 15 heavy (non-hydrogen) atoms. The topological polar surface area (TPSA) is 26.7 Å². The molecule has 1 N–H and O–H groups in total. The number of rotatable bonds is 3. The van der Waals surface area contributed by atoms with Gasteiger partial charge >= 0.3 is 0 Å². The van der Waals surface area contributed by atoms with Crippen LogP contribution in [0.4, 0.5) is 0 Å². The SMILES string of the molecule is CCC(O)CN1CCN(C(C)(C)C)CC1. The summed E-state index contributed by atoms with van der Waals surface area (Å²) in [5.41, 5.74) is 0.287. The van der Waals surface area contributed by atoms with E-state index in [-0.39, 0.29) is 11.6 Å². The van der Waals surface area contributed by atoms with Gasteiger partial charge in [0.05, 0.1) is 6.10 Å². The Morgan fingerprint density at radius 1 is 1.13 bits per heavy atom. The van der Waals surface area contributed by atoms with Crippen LogP contribution in [0.5, 0.6) is 0 Å². The quantitative estimate of drug-likeness (QED) is 0.764. The maximum absolute atomic E-state index is 9.58. The van der Waals surface area contributed by atoms with Gasteiger partial charge in [-0.2, -0.15) is 0 Å². The van der Waals surface area contributed by atoms with Crippen molar-refractivity contribution in [1.82, 2.24) is 9.80 Å². The summed E-state index contributed by atoms with van der Waals surface area (Å²) >= 11 is 0. The Labute approximate surface area is 94.1 Å². The lowest BCUT2D eigenvalue weighted by molar-refractivity contribution is 0.0358. The van der Waals surface area contributed by atoms with Crippen LogP contribution in [0.2, 0.25) is 0 Å². The van der Waals surface area contributed by atoms with Gasteiger partial charge in [-0.05, 0) is 27.2 Å². The third kappa shape index (κ3) is 4.09. The lowest BCUT2D eigenvalue weighted by Gasteiger charge is -2.42. The molecule has 1 aliphatic rings. The van der Waals surface area contributed by atoms with Gasteiger partial charge < -0.3 is 5.11 Å². The van der Waals surface area contributed by atoms with Gasteiger partial charge in [-0.25, -0.2) is 0 Å². The lowest BCUT2D eigenvalue weighted by atomic mass is 10.0. The van der Waals surface area contributed by atoms with Crippen LogP contribution in [-0.2, 0) is 0 Å². The highest BCUT2D eigenvalue weighted by atomic mass is 16.3. The smallest absolute Gasteiger partial charge is 0.0664 e. The van der Waals surface area contributed by atoms with Crippen LogP contribution in [0.1, 0.15) is 34.1 Å².